The van der Waals surface area contributed by atoms with Gasteiger partial charge in [-0.3, -0.25) is 9.69 Å². The van der Waals surface area contributed by atoms with Crippen LogP contribution in [0.3, 0.4) is 0 Å². The highest BCUT2D eigenvalue weighted by Crippen LogP contribution is 2.37. The first kappa shape index (κ1) is 19.0. The van der Waals surface area contributed by atoms with E-state index >= 15 is 0 Å². The van der Waals surface area contributed by atoms with Gasteiger partial charge in [-0.2, -0.15) is 0 Å². The van der Waals surface area contributed by atoms with Gasteiger partial charge in [0.25, 0.3) is 0 Å². The number of carbonyl (C=O) groups excluding carboxylic acids is 2. The highest BCUT2D eigenvalue weighted by atomic mass is 16.6. The van der Waals surface area contributed by atoms with Gasteiger partial charge in [0.05, 0.1) is 13.0 Å². The first-order chi connectivity index (χ1) is 12.8. The summed E-state index contributed by atoms with van der Waals surface area (Å²) in [5.41, 5.74) is 1.08. The molecule has 0 aromatic heterocycles. The molecule has 1 aliphatic rings. The Morgan fingerprint density at radius 3 is 2.22 bits per heavy atom. The molecule has 27 heavy (non-hydrogen) atoms. The van der Waals surface area contributed by atoms with Crippen LogP contribution in [0.4, 0.5) is 5.69 Å². The number of β-lactam (4-membered cyclic amide) rings is 1. The van der Waals surface area contributed by atoms with E-state index in [2.05, 4.69) is 0 Å². The lowest BCUT2D eigenvalue weighted by atomic mass is 9.81. The van der Waals surface area contributed by atoms with Gasteiger partial charge >= 0.3 is 5.97 Å². The van der Waals surface area contributed by atoms with Crippen LogP contribution in [0.1, 0.15) is 26.3 Å². The fourth-order valence-electron chi connectivity index (χ4n) is 3.28. The van der Waals surface area contributed by atoms with Gasteiger partial charge in [-0.15, -0.1) is 0 Å². The highest BCUT2D eigenvalue weighted by molar-refractivity contribution is 6.10. The smallest absolute Gasteiger partial charge is 0.330 e. The summed E-state index contributed by atoms with van der Waals surface area (Å²) < 4.78 is 10.8. The number of rotatable bonds is 5. The molecule has 0 saturated carbocycles. The average molecular weight is 367 g/mol. The monoisotopic (exact) mass is 367 g/mol. The third kappa shape index (κ3) is 4.13. The summed E-state index contributed by atoms with van der Waals surface area (Å²) in [6.45, 7) is 5.49. The zero-order valence-corrected chi connectivity index (χ0v) is 16.1. The van der Waals surface area contributed by atoms with Crippen LogP contribution in [0.25, 0.3) is 0 Å². The van der Waals surface area contributed by atoms with E-state index < -0.39 is 17.6 Å². The van der Waals surface area contributed by atoms with E-state index in [0.29, 0.717) is 17.9 Å². The number of hydrogen-bond donors (Lipinski definition) is 0. The lowest BCUT2D eigenvalue weighted by molar-refractivity contribution is -0.163. The van der Waals surface area contributed by atoms with E-state index in [1.807, 2.05) is 51.1 Å². The summed E-state index contributed by atoms with van der Waals surface area (Å²) in [5, 5.41) is 0. The maximum atomic E-state index is 12.9. The van der Waals surface area contributed by atoms with Gasteiger partial charge < -0.3 is 9.47 Å². The van der Waals surface area contributed by atoms with Crippen LogP contribution < -0.4 is 9.64 Å². The molecular weight excluding hydrogens is 342 g/mol. The van der Waals surface area contributed by atoms with E-state index in [4.69, 9.17) is 9.47 Å². The Morgan fingerprint density at radius 2 is 1.67 bits per heavy atom. The van der Waals surface area contributed by atoms with Crippen LogP contribution >= 0.6 is 0 Å². The molecule has 1 aliphatic heterocycles. The Balaban J connectivity index is 1.87. The Labute approximate surface area is 159 Å². The Kier molecular flexibility index (Phi) is 5.22. The second-order valence-electron chi connectivity index (χ2n) is 7.68. The van der Waals surface area contributed by atoms with E-state index in [1.54, 1.807) is 31.4 Å². The van der Waals surface area contributed by atoms with E-state index in [-0.39, 0.29) is 11.9 Å². The number of nitrogens with zero attached hydrogens (tertiary/aromatic N) is 1. The SMILES string of the molecule is COc1ccc(N2C(=O)[C@@H](Cc3ccccc3)[C@H]2C(=O)OC(C)(C)C)cc1. The van der Waals surface area contributed by atoms with E-state index in [1.165, 1.54) is 4.90 Å². The zero-order chi connectivity index (χ0) is 19.6. The van der Waals surface area contributed by atoms with Crippen LogP contribution in [0.2, 0.25) is 0 Å². The fraction of sp³-hybridized carbons (Fsp3) is 0.364. The van der Waals surface area contributed by atoms with Crippen LogP contribution in [0.15, 0.2) is 54.6 Å². The van der Waals surface area contributed by atoms with Gasteiger partial charge in [0.2, 0.25) is 5.91 Å². The Hall–Kier alpha value is -2.82. The van der Waals surface area contributed by atoms with Crippen LogP contribution in [0.5, 0.6) is 5.75 Å². The molecule has 1 fully saturated rings. The number of ether oxygens (including phenoxy) is 2. The minimum absolute atomic E-state index is 0.0696. The lowest BCUT2D eigenvalue weighted by Gasteiger charge is -2.46. The molecule has 2 aromatic rings. The molecular formula is C22H25NO4. The normalized spacial score (nSPS) is 19.4. The van der Waals surface area contributed by atoms with Gasteiger partial charge in [0, 0.05) is 5.69 Å². The number of esters is 1. The summed E-state index contributed by atoms with van der Waals surface area (Å²) in [6.07, 6.45) is 0.510. The third-order valence-corrected chi connectivity index (χ3v) is 4.51. The Morgan fingerprint density at radius 1 is 1.04 bits per heavy atom. The van der Waals surface area contributed by atoms with Crippen molar-refractivity contribution in [2.75, 3.05) is 12.0 Å². The van der Waals surface area contributed by atoms with Crippen molar-refractivity contribution >= 4 is 17.6 Å². The van der Waals surface area contributed by atoms with Crippen molar-refractivity contribution in [2.24, 2.45) is 5.92 Å². The van der Waals surface area contributed by atoms with Crippen molar-refractivity contribution in [3.05, 3.63) is 60.2 Å². The van der Waals surface area contributed by atoms with Crippen LogP contribution in [-0.2, 0) is 20.7 Å². The predicted molar refractivity (Wildman–Crippen MR) is 104 cm³/mol. The number of benzene rings is 2. The molecule has 3 rings (SSSR count). The average Bonchev–Trinajstić information content (AvgIpc) is 2.63. The molecule has 1 saturated heterocycles. The van der Waals surface area contributed by atoms with Gasteiger partial charge in [0.1, 0.15) is 17.4 Å². The standard InChI is InChI=1S/C22H25NO4/c1-22(2,3)27-21(25)19-18(14-15-8-6-5-7-9-15)20(24)23(19)16-10-12-17(26-4)13-11-16/h5-13,18-19H,14H2,1-4H3/t18-,19-/m0/s1. The molecule has 0 bridgehead atoms. The number of amides is 1. The topological polar surface area (TPSA) is 55.8 Å². The molecule has 0 aliphatic carbocycles. The third-order valence-electron chi connectivity index (χ3n) is 4.51. The highest BCUT2D eigenvalue weighted by Gasteiger charge is 2.53. The van der Waals surface area contributed by atoms with Crippen LogP contribution in [-0.4, -0.2) is 30.6 Å². The molecule has 1 amide bonds. The molecule has 142 valence electrons. The minimum atomic E-state index is -0.634. The van der Waals surface area contributed by atoms with E-state index in [9.17, 15) is 9.59 Å². The summed E-state index contributed by atoms with van der Waals surface area (Å²) in [7, 11) is 1.59. The number of anilines is 1. The molecule has 2 atom stereocenters. The number of carbonyl (C=O) groups is 2. The predicted octanol–water partition coefficient (Wildman–Crippen LogP) is 3.61. The van der Waals surface area contributed by atoms with Crippen molar-refractivity contribution in [1.29, 1.82) is 0 Å². The summed E-state index contributed by atoms with van der Waals surface area (Å²) in [6, 6.07) is 16.2. The molecule has 5 heteroatoms. The maximum Gasteiger partial charge on any atom is 0.330 e. The summed E-state index contributed by atoms with van der Waals surface area (Å²) >= 11 is 0. The number of hydrogen-bond acceptors (Lipinski definition) is 4. The fourth-order valence-corrected chi connectivity index (χ4v) is 3.28. The van der Waals surface area contributed by atoms with E-state index in [0.717, 1.165) is 5.56 Å². The summed E-state index contributed by atoms with van der Waals surface area (Å²) in [5.74, 6) is -0.176. The van der Waals surface area contributed by atoms with Crippen molar-refractivity contribution in [2.45, 2.75) is 38.8 Å². The van der Waals surface area contributed by atoms with Crippen molar-refractivity contribution in [1.82, 2.24) is 0 Å². The zero-order valence-electron chi connectivity index (χ0n) is 16.1. The lowest BCUT2D eigenvalue weighted by Crippen LogP contribution is -2.66. The molecule has 2 aromatic carbocycles. The second-order valence-corrected chi connectivity index (χ2v) is 7.68. The Bertz CT molecular complexity index is 808. The summed E-state index contributed by atoms with van der Waals surface area (Å²) in [4.78, 5) is 27.3. The van der Waals surface area contributed by atoms with Crippen LogP contribution in [0, 0.1) is 5.92 Å². The first-order valence-electron chi connectivity index (χ1n) is 9.04. The molecule has 5 nitrogen and oxygen atoms in total. The molecule has 0 radical (unpaired) electrons. The molecule has 1 heterocycles. The second kappa shape index (κ2) is 7.43. The molecule has 0 N–H and O–H groups in total. The largest absolute Gasteiger partial charge is 0.497 e. The quantitative estimate of drug-likeness (QED) is 0.598. The first-order valence-corrected chi connectivity index (χ1v) is 9.04. The molecule has 0 unspecified atom stereocenters. The van der Waals surface area contributed by atoms with Gasteiger partial charge in [-0.05, 0) is 57.0 Å². The van der Waals surface area contributed by atoms with Gasteiger partial charge in [0.15, 0.2) is 0 Å². The van der Waals surface area contributed by atoms with Gasteiger partial charge in [-0.25, -0.2) is 4.79 Å². The maximum absolute atomic E-state index is 12.9. The van der Waals surface area contributed by atoms with Gasteiger partial charge in [-0.1, -0.05) is 30.3 Å². The minimum Gasteiger partial charge on any atom is -0.497 e. The number of methoxy groups -OCH3 is 1. The van der Waals surface area contributed by atoms with Crippen molar-refractivity contribution in [3.8, 4) is 5.75 Å². The molecule has 0 spiro atoms. The van der Waals surface area contributed by atoms with Crippen molar-refractivity contribution < 1.29 is 19.1 Å². The van der Waals surface area contributed by atoms with Crippen molar-refractivity contribution in [3.63, 3.8) is 0 Å².